The van der Waals surface area contributed by atoms with E-state index in [1.807, 2.05) is 13.8 Å². The molecular formula is C30H39F2N3O6. The van der Waals surface area contributed by atoms with Crippen LogP contribution in [0.2, 0.25) is 0 Å². The summed E-state index contributed by atoms with van der Waals surface area (Å²) in [6.45, 7) is 4.34. The molecule has 41 heavy (non-hydrogen) atoms. The summed E-state index contributed by atoms with van der Waals surface area (Å²) in [6.07, 6.45) is 3.00. The normalized spacial score (nSPS) is 18.6. The van der Waals surface area contributed by atoms with E-state index in [9.17, 15) is 28.3 Å². The number of ether oxygens (including phenoxy) is 2. The average molecular weight is 576 g/mol. The lowest BCUT2D eigenvalue weighted by Crippen LogP contribution is -2.48. The number of imide groups is 1. The number of urea groups is 1. The third-order valence-corrected chi connectivity index (χ3v) is 7.43. The van der Waals surface area contributed by atoms with Crippen LogP contribution < -0.4 is 14.8 Å². The van der Waals surface area contributed by atoms with Gasteiger partial charge in [0, 0.05) is 31.6 Å². The number of carbonyl (C=O) groups excluding carboxylic acids is 2. The SMILES string of the molecule is CCCCNC(=O)N(CCCC)C(=O)CN1CC(c2ccc(OC)c(F)c2)C(C(=O)O)C1c1ccc(OC)c(F)c1. The Bertz CT molecular complexity index is 1230. The lowest BCUT2D eigenvalue weighted by atomic mass is 9.82. The predicted molar refractivity (Wildman–Crippen MR) is 149 cm³/mol. The number of nitrogens with zero attached hydrogens (tertiary/aromatic N) is 2. The van der Waals surface area contributed by atoms with Gasteiger partial charge in [0.15, 0.2) is 23.1 Å². The highest BCUT2D eigenvalue weighted by atomic mass is 19.1. The van der Waals surface area contributed by atoms with Gasteiger partial charge in [-0.25, -0.2) is 13.6 Å². The predicted octanol–water partition coefficient (Wildman–Crippen LogP) is 4.96. The van der Waals surface area contributed by atoms with Gasteiger partial charge >= 0.3 is 12.0 Å². The summed E-state index contributed by atoms with van der Waals surface area (Å²) < 4.78 is 39.5. The number of carboxylic acids is 1. The Hall–Kier alpha value is -3.73. The lowest BCUT2D eigenvalue weighted by Gasteiger charge is -2.29. The molecule has 2 aromatic carbocycles. The lowest BCUT2D eigenvalue weighted by molar-refractivity contribution is -0.143. The number of hydrogen-bond donors (Lipinski definition) is 2. The van der Waals surface area contributed by atoms with Gasteiger partial charge in [-0.05, 0) is 48.2 Å². The third kappa shape index (κ3) is 7.52. The van der Waals surface area contributed by atoms with Gasteiger partial charge in [0.25, 0.3) is 0 Å². The van der Waals surface area contributed by atoms with Crippen molar-refractivity contribution in [3.8, 4) is 11.5 Å². The second-order valence-electron chi connectivity index (χ2n) is 10.1. The molecule has 0 radical (unpaired) electrons. The van der Waals surface area contributed by atoms with Crippen molar-refractivity contribution >= 4 is 17.9 Å². The minimum atomic E-state index is -1.18. The van der Waals surface area contributed by atoms with E-state index >= 15 is 0 Å². The zero-order chi connectivity index (χ0) is 30.1. The number of rotatable bonds is 13. The molecule has 224 valence electrons. The van der Waals surface area contributed by atoms with E-state index in [-0.39, 0.29) is 31.1 Å². The second kappa shape index (κ2) is 14.8. The molecule has 3 unspecified atom stereocenters. The van der Waals surface area contributed by atoms with Crippen LogP contribution in [0.5, 0.6) is 11.5 Å². The van der Waals surface area contributed by atoms with Crippen molar-refractivity contribution in [3.63, 3.8) is 0 Å². The fourth-order valence-corrected chi connectivity index (χ4v) is 5.29. The highest BCUT2D eigenvalue weighted by Gasteiger charge is 2.48. The molecule has 1 saturated heterocycles. The van der Waals surface area contributed by atoms with Crippen LogP contribution in [-0.4, -0.2) is 73.2 Å². The number of amides is 3. The number of carboxylic acid groups (broad SMARTS) is 1. The van der Waals surface area contributed by atoms with Gasteiger partial charge in [-0.1, -0.05) is 38.8 Å². The number of hydrogen-bond acceptors (Lipinski definition) is 6. The van der Waals surface area contributed by atoms with E-state index in [4.69, 9.17) is 9.47 Å². The number of aliphatic carboxylic acids is 1. The first-order valence-corrected chi connectivity index (χ1v) is 13.9. The first-order valence-electron chi connectivity index (χ1n) is 13.9. The maximum Gasteiger partial charge on any atom is 0.324 e. The molecule has 1 aliphatic rings. The molecule has 0 saturated carbocycles. The summed E-state index contributed by atoms with van der Waals surface area (Å²) in [6, 6.07) is 6.95. The Morgan fingerprint density at radius 3 is 2.10 bits per heavy atom. The molecule has 0 aliphatic carbocycles. The van der Waals surface area contributed by atoms with Gasteiger partial charge in [-0.15, -0.1) is 0 Å². The largest absolute Gasteiger partial charge is 0.494 e. The van der Waals surface area contributed by atoms with Crippen molar-refractivity contribution in [3.05, 3.63) is 59.2 Å². The van der Waals surface area contributed by atoms with E-state index in [1.54, 1.807) is 17.0 Å². The summed E-state index contributed by atoms with van der Waals surface area (Å²) in [5.41, 5.74) is 0.734. The number of methoxy groups -OCH3 is 2. The van der Waals surface area contributed by atoms with Crippen LogP contribution in [0.1, 0.15) is 62.6 Å². The van der Waals surface area contributed by atoms with E-state index in [2.05, 4.69) is 5.32 Å². The van der Waals surface area contributed by atoms with Crippen molar-refractivity contribution in [2.75, 3.05) is 40.4 Å². The average Bonchev–Trinajstić information content (AvgIpc) is 3.32. The van der Waals surface area contributed by atoms with Crippen LogP contribution in [0.15, 0.2) is 36.4 Å². The molecule has 0 spiro atoms. The Labute approximate surface area is 239 Å². The molecule has 3 atom stereocenters. The van der Waals surface area contributed by atoms with Crippen LogP contribution in [0, 0.1) is 17.6 Å². The smallest absolute Gasteiger partial charge is 0.324 e. The highest BCUT2D eigenvalue weighted by molar-refractivity contribution is 5.95. The number of likely N-dealkylation sites (tertiary alicyclic amines) is 1. The van der Waals surface area contributed by atoms with E-state index < -0.39 is 47.4 Å². The monoisotopic (exact) mass is 575 g/mol. The summed E-state index contributed by atoms with van der Waals surface area (Å²) in [5, 5.41) is 13.2. The number of nitrogens with one attached hydrogen (secondary N) is 1. The van der Waals surface area contributed by atoms with Crippen LogP contribution in [-0.2, 0) is 9.59 Å². The van der Waals surface area contributed by atoms with E-state index in [0.29, 0.717) is 24.1 Å². The molecule has 2 aromatic rings. The first-order chi connectivity index (χ1) is 19.7. The van der Waals surface area contributed by atoms with E-state index in [0.717, 1.165) is 24.2 Å². The number of unbranched alkanes of at least 4 members (excludes halogenated alkanes) is 2. The van der Waals surface area contributed by atoms with Gasteiger partial charge in [0.05, 0.1) is 26.7 Å². The van der Waals surface area contributed by atoms with Crippen LogP contribution >= 0.6 is 0 Å². The summed E-state index contributed by atoms with van der Waals surface area (Å²) in [5.74, 6) is -4.89. The zero-order valence-corrected chi connectivity index (χ0v) is 24.0. The van der Waals surface area contributed by atoms with Gasteiger partial charge in [0.2, 0.25) is 5.91 Å². The molecule has 2 N–H and O–H groups in total. The van der Waals surface area contributed by atoms with Crippen molar-refractivity contribution in [2.45, 2.75) is 51.5 Å². The van der Waals surface area contributed by atoms with Crippen molar-refractivity contribution in [1.82, 2.24) is 15.1 Å². The third-order valence-electron chi connectivity index (χ3n) is 7.43. The molecule has 0 aromatic heterocycles. The second-order valence-corrected chi connectivity index (χ2v) is 10.1. The molecule has 11 heteroatoms. The van der Waals surface area contributed by atoms with Crippen molar-refractivity contribution in [2.24, 2.45) is 5.92 Å². The Kier molecular flexibility index (Phi) is 11.5. The summed E-state index contributed by atoms with van der Waals surface area (Å²) in [4.78, 5) is 42.0. The number of carbonyl (C=O) groups is 3. The number of benzene rings is 2. The molecule has 1 heterocycles. The molecule has 3 rings (SSSR count). The van der Waals surface area contributed by atoms with Gasteiger partial charge in [-0.3, -0.25) is 19.4 Å². The van der Waals surface area contributed by atoms with Crippen molar-refractivity contribution < 1.29 is 37.7 Å². The molecular weight excluding hydrogens is 536 g/mol. The van der Waals surface area contributed by atoms with E-state index in [1.165, 1.54) is 38.5 Å². The van der Waals surface area contributed by atoms with Gasteiger partial charge in [0.1, 0.15) is 0 Å². The van der Waals surface area contributed by atoms with Crippen LogP contribution in [0.4, 0.5) is 13.6 Å². The number of halogens is 2. The van der Waals surface area contributed by atoms with Gasteiger partial charge in [-0.2, -0.15) is 0 Å². The highest BCUT2D eigenvalue weighted by Crippen LogP contribution is 2.47. The van der Waals surface area contributed by atoms with Gasteiger partial charge < -0.3 is 19.9 Å². The molecule has 3 amide bonds. The Morgan fingerprint density at radius 2 is 1.56 bits per heavy atom. The maximum absolute atomic E-state index is 14.8. The fraction of sp³-hybridized carbons (Fsp3) is 0.500. The van der Waals surface area contributed by atoms with Crippen LogP contribution in [0.25, 0.3) is 0 Å². The molecule has 1 fully saturated rings. The first kappa shape index (κ1) is 31.8. The molecule has 0 bridgehead atoms. The Balaban J connectivity index is 2.02. The maximum atomic E-state index is 14.8. The minimum absolute atomic E-state index is 0.00971. The van der Waals surface area contributed by atoms with Crippen molar-refractivity contribution in [1.29, 1.82) is 0 Å². The topological polar surface area (TPSA) is 108 Å². The standard InChI is InChI=1S/C30H39F2N3O6/c1-5-7-13-33-30(39)35(14-8-6-2)26(36)18-34-17-21(19-9-11-24(40-3)22(31)15-19)27(29(37)38)28(34)20-10-12-25(41-4)23(32)16-20/h9-12,15-16,21,27-28H,5-8,13-14,17-18H2,1-4H3,(H,33,39)(H,37,38). The summed E-state index contributed by atoms with van der Waals surface area (Å²) >= 11 is 0. The molecule has 1 aliphatic heterocycles. The fourth-order valence-electron chi connectivity index (χ4n) is 5.29. The van der Waals surface area contributed by atoms with Crippen LogP contribution in [0.3, 0.4) is 0 Å². The minimum Gasteiger partial charge on any atom is -0.494 e. The zero-order valence-electron chi connectivity index (χ0n) is 24.0. The Morgan fingerprint density at radius 1 is 0.976 bits per heavy atom. The quantitative estimate of drug-likeness (QED) is 0.325. The molecule has 9 nitrogen and oxygen atoms in total. The summed E-state index contributed by atoms with van der Waals surface area (Å²) in [7, 11) is 2.65.